The fourth-order valence-corrected chi connectivity index (χ4v) is 3.04. The average Bonchev–Trinajstić information content (AvgIpc) is 2.94. The third-order valence-corrected chi connectivity index (χ3v) is 4.31. The van der Waals surface area contributed by atoms with E-state index in [1.165, 1.54) is 10.9 Å². The second-order valence-electron chi connectivity index (χ2n) is 5.75. The predicted molar refractivity (Wildman–Crippen MR) is 90.9 cm³/mol. The number of nitrogens with zero attached hydrogens (tertiary/aromatic N) is 1. The first-order chi connectivity index (χ1) is 10.7. The minimum absolute atomic E-state index is 0.603. The standard InChI is InChI=1S/C20H17NO/c1-21-11-10-16-13-18(8-9-19(16)21)20(22)17-7-6-14-4-2-3-5-15(14)12-17/h2-13,20,22H,1H3. The summed E-state index contributed by atoms with van der Waals surface area (Å²) in [4.78, 5) is 0. The average molecular weight is 287 g/mol. The van der Waals surface area contributed by atoms with Crippen LogP contribution in [0.25, 0.3) is 21.7 Å². The van der Waals surface area contributed by atoms with Crippen LogP contribution in [0.5, 0.6) is 0 Å². The third kappa shape index (κ3) is 2.09. The summed E-state index contributed by atoms with van der Waals surface area (Å²) in [5.74, 6) is 0. The van der Waals surface area contributed by atoms with Gasteiger partial charge in [0, 0.05) is 18.8 Å². The normalized spacial score (nSPS) is 12.8. The maximum atomic E-state index is 10.7. The summed E-state index contributed by atoms with van der Waals surface area (Å²) >= 11 is 0. The van der Waals surface area contributed by atoms with Gasteiger partial charge in [-0.05, 0) is 51.6 Å². The number of aryl methyl sites for hydroxylation is 1. The summed E-state index contributed by atoms with van der Waals surface area (Å²) < 4.78 is 2.08. The Morgan fingerprint density at radius 1 is 0.773 bits per heavy atom. The molecule has 0 saturated heterocycles. The van der Waals surface area contributed by atoms with E-state index < -0.39 is 6.10 Å². The molecule has 0 fully saturated rings. The second kappa shape index (κ2) is 5.00. The van der Waals surface area contributed by atoms with Crippen molar-refractivity contribution in [1.82, 2.24) is 4.57 Å². The third-order valence-electron chi connectivity index (χ3n) is 4.31. The van der Waals surface area contributed by atoms with E-state index in [0.717, 1.165) is 21.9 Å². The van der Waals surface area contributed by atoms with Crippen LogP contribution in [-0.4, -0.2) is 9.67 Å². The van der Waals surface area contributed by atoms with Crippen molar-refractivity contribution in [3.05, 3.63) is 84.1 Å². The first-order valence-electron chi connectivity index (χ1n) is 7.44. The van der Waals surface area contributed by atoms with Crippen molar-refractivity contribution in [3.63, 3.8) is 0 Å². The van der Waals surface area contributed by atoms with E-state index in [0.29, 0.717) is 0 Å². The zero-order valence-electron chi connectivity index (χ0n) is 12.4. The molecular formula is C20H17NO. The highest BCUT2D eigenvalue weighted by Crippen LogP contribution is 2.28. The number of hydrogen-bond acceptors (Lipinski definition) is 1. The van der Waals surface area contributed by atoms with Crippen molar-refractivity contribution >= 4 is 21.7 Å². The molecule has 1 heterocycles. The molecule has 108 valence electrons. The molecule has 0 saturated carbocycles. The molecule has 4 aromatic rings. The van der Waals surface area contributed by atoms with Gasteiger partial charge in [-0.1, -0.05) is 42.5 Å². The fourth-order valence-electron chi connectivity index (χ4n) is 3.04. The highest BCUT2D eigenvalue weighted by atomic mass is 16.3. The van der Waals surface area contributed by atoms with Gasteiger partial charge >= 0.3 is 0 Å². The molecule has 0 amide bonds. The van der Waals surface area contributed by atoms with Gasteiger partial charge in [0.1, 0.15) is 6.10 Å². The molecule has 0 radical (unpaired) electrons. The summed E-state index contributed by atoms with van der Waals surface area (Å²) in [5.41, 5.74) is 3.03. The van der Waals surface area contributed by atoms with Gasteiger partial charge in [-0.15, -0.1) is 0 Å². The lowest BCUT2D eigenvalue weighted by atomic mass is 9.98. The van der Waals surface area contributed by atoms with Gasteiger partial charge in [0.15, 0.2) is 0 Å². The SMILES string of the molecule is Cn1ccc2cc(C(O)c3ccc4ccccc4c3)ccc21. The summed E-state index contributed by atoms with van der Waals surface area (Å²) in [6, 6.07) is 22.5. The Hall–Kier alpha value is -2.58. The van der Waals surface area contributed by atoms with Crippen molar-refractivity contribution in [1.29, 1.82) is 0 Å². The zero-order valence-corrected chi connectivity index (χ0v) is 12.4. The monoisotopic (exact) mass is 287 g/mol. The molecule has 2 nitrogen and oxygen atoms in total. The number of rotatable bonds is 2. The lowest BCUT2D eigenvalue weighted by Gasteiger charge is -2.13. The van der Waals surface area contributed by atoms with E-state index in [1.54, 1.807) is 0 Å². The Morgan fingerprint density at radius 3 is 2.27 bits per heavy atom. The quantitative estimate of drug-likeness (QED) is 0.580. The minimum atomic E-state index is -0.603. The topological polar surface area (TPSA) is 25.2 Å². The van der Waals surface area contributed by atoms with E-state index in [1.807, 2.05) is 37.5 Å². The smallest absolute Gasteiger partial charge is 0.104 e. The number of fused-ring (bicyclic) bond motifs is 2. The Morgan fingerprint density at radius 2 is 1.45 bits per heavy atom. The van der Waals surface area contributed by atoms with Crippen LogP contribution in [0.3, 0.4) is 0 Å². The van der Waals surface area contributed by atoms with E-state index >= 15 is 0 Å². The highest BCUT2D eigenvalue weighted by Gasteiger charge is 2.12. The van der Waals surface area contributed by atoms with E-state index in [4.69, 9.17) is 0 Å². The lowest BCUT2D eigenvalue weighted by molar-refractivity contribution is 0.220. The second-order valence-corrected chi connectivity index (χ2v) is 5.75. The maximum absolute atomic E-state index is 10.7. The first-order valence-corrected chi connectivity index (χ1v) is 7.44. The van der Waals surface area contributed by atoms with Gasteiger partial charge in [0.05, 0.1) is 0 Å². The molecule has 0 aliphatic carbocycles. The highest BCUT2D eigenvalue weighted by molar-refractivity contribution is 5.84. The molecule has 1 aromatic heterocycles. The van der Waals surface area contributed by atoms with E-state index in [2.05, 4.69) is 47.0 Å². The molecule has 0 bridgehead atoms. The van der Waals surface area contributed by atoms with Gasteiger partial charge in [0.2, 0.25) is 0 Å². The van der Waals surface area contributed by atoms with Crippen LogP contribution in [0.15, 0.2) is 72.9 Å². The molecule has 22 heavy (non-hydrogen) atoms. The number of aliphatic hydroxyl groups excluding tert-OH is 1. The first kappa shape index (κ1) is 13.1. The largest absolute Gasteiger partial charge is 0.384 e. The number of hydrogen-bond donors (Lipinski definition) is 1. The van der Waals surface area contributed by atoms with Crippen molar-refractivity contribution in [2.75, 3.05) is 0 Å². The van der Waals surface area contributed by atoms with Gasteiger partial charge in [-0.3, -0.25) is 0 Å². The van der Waals surface area contributed by atoms with Crippen LogP contribution < -0.4 is 0 Å². The summed E-state index contributed by atoms with van der Waals surface area (Å²) in [6.45, 7) is 0. The van der Waals surface area contributed by atoms with Crippen LogP contribution in [0.2, 0.25) is 0 Å². The molecule has 3 aromatic carbocycles. The molecule has 1 N–H and O–H groups in total. The van der Waals surface area contributed by atoms with Crippen LogP contribution >= 0.6 is 0 Å². The molecule has 0 spiro atoms. The van der Waals surface area contributed by atoms with Crippen molar-refractivity contribution in [3.8, 4) is 0 Å². The van der Waals surface area contributed by atoms with E-state index in [9.17, 15) is 5.11 Å². The number of aliphatic hydroxyl groups is 1. The summed E-state index contributed by atoms with van der Waals surface area (Å²) in [5, 5.41) is 14.2. The molecule has 1 atom stereocenters. The Balaban J connectivity index is 1.78. The summed E-state index contributed by atoms with van der Waals surface area (Å²) in [7, 11) is 2.03. The fraction of sp³-hybridized carbons (Fsp3) is 0.100. The van der Waals surface area contributed by atoms with Crippen molar-refractivity contribution in [2.24, 2.45) is 7.05 Å². The van der Waals surface area contributed by atoms with E-state index in [-0.39, 0.29) is 0 Å². The maximum Gasteiger partial charge on any atom is 0.104 e. The lowest BCUT2D eigenvalue weighted by Crippen LogP contribution is -1.99. The Kier molecular flexibility index (Phi) is 2.98. The Labute approximate surface area is 129 Å². The van der Waals surface area contributed by atoms with Crippen molar-refractivity contribution in [2.45, 2.75) is 6.10 Å². The molecule has 1 unspecified atom stereocenters. The van der Waals surface area contributed by atoms with Crippen LogP contribution in [-0.2, 0) is 7.05 Å². The van der Waals surface area contributed by atoms with Gasteiger partial charge < -0.3 is 9.67 Å². The number of benzene rings is 3. The molecule has 2 heteroatoms. The summed E-state index contributed by atoms with van der Waals surface area (Å²) in [6.07, 6.45) is 1.44. The van der Waals surface area contributed by atoms with Crippen LogP contribution in [0.1, 0.15) is 17.2 Å². The van der Waals surface area contributed by atoms with Gasteiger partial charge in [-0.25, -0.2) is 0 Å². The zero-order chi connectivity index (χ0) is 15.1. The van der Waals surface area contributed by atoms with Crippen LogP contribution in [0.4, 0.5) is 0 Å². The number of aromatic nitrogens is 1. The molecule has 4 rings (SSSR count). The van der Waals surface area contributed by atoms with Crippen LogP contribution in [0, 0.1) is 0 Å². The Bertz CT molecular complexity index is 968. The van der Waals surface area contributed by atoms with Crippen molar-refractivity contribution < 1.29 is 5.11 Å². The molecule has 0 aliphatic rings. The molecule has 0 aliphatic heterocycles. The molecular weight excluding hydrogens is 270 g/mol. The minimum Gasteiger partial charge on any atom is -0.384 e. The van der Waals surface area contributed by atoms with Gasteiger partial charge in [-0.2, -0.15) is 0 Å². The predicted octanol–water partition coefficient (Wildman–Crippen LogP) is 4.41. The van der Waals surface area contributed by atoms with Gasteiger partial charge in [0.25, 0.3) is 0 Å².